The number of nitrogens with one attached hydrogen (secondary N) is 2. The molecule has 1 unspecified atom stereocenters. The molecule has 5 nitrogen and oxygen atoms in total. The predicted octanol–water partition coefficient (Wildman–Crippen LogP) is 6.04. The fourth-order valence-corrected chi connectivity index (χ4v) is 5.92. The number of aryl methyl sites for hydroxylation is 2. The Hall–Kier alpha value is -3.23. The van der Waals surface area contributed by atoms with Crippen molar-refractivity contribution in [2.45, 2.75) is 36.6 Å². The lowest BCUT2D eigenvalue weighted by molar-refractivity contribution is 0.0932. The molecule has 0 radical (unpaired) electrons. The molecule has 0 saturated carbocycles. The van der Waals surface area contributed by atoms with Crippen molar-refractivity contribution in [3.8, 4) is 0 Å². The van der Waals surface area contributed by atoms with Gasteiger partial charge >= 0.3 is 0 Å². The number of carbonyl (C=O) groups excluding carboxylic acids is 1. The SMILES string of the molecule is Cc1cc(C)cc(S(=O)(=O)c2c(C(=O)NC(C)c3cc(F)cc(F)c3)[nH]c3ccc(Cl)cc23)c1. The highest BCUT2D eigenvalue weighted by Gasteiger charge is 2.30. The number of sulfone groups is 1. The van der Waals surface area contributed by atoms with Gasteiger partial charge in [0, 0.05) is 22.0 Å². The Morgan fingerprint density at radius 3 is 2.21 bits per heavy atom. The van der Waals surface area contributed by atoms with Gasteiger partial charge in [-0.25, -0.2) is 17.2 Å². The molecule has 0 saturated heterocycles. The maximum atomic E-state index is 13.8. The highest BCUT2D eigenvalue weighted by atomic mass is 35.5. The quantitative estimate of drug-likeness (QED) is 0.349. The number of aromatic amines is 1. The topological polar surface area (TPSA) is 79.0 Å². The van der Waals surface area contributed by atoms with Crippen molar-refractivity contribution in [2.75, 3.05) is 0 Å². The minimum atomic E-state index is -4.14. The molecule has 9 heteroatoms. The van der Waals surface area contributed by atoms with E-state index in [2.05, 4.69) is 10.3 Å². The highest BCUT2D eigenvalue weighted by molar-refractivity contribution is 7.91. The fraction of sp³-hybridized carbons (Fsp3) is 0.160. The van der Waals surface area contributed by atoms with Crippen LogP contribution in [0.2, 0.25) is 5.02 Å². The molecule has 34 heavy (non-hydrogen) atoms. The van der Waals surface area contributed by atoms with Gasteiger partial charge in [0.2, 0.25) is 9.84 Å². The zero-order chi connectivity index (χ0) is 24.8. The largest absolute Gasteiger partial charge is 0.349 e. The smallest absolute Gasteiger partial charge is 0.269 e. The number of amides is 1. The van der Waals surface area contributed by atoms with Gasteiger partial charge in [-0.3, -0.25) is 4.79 Å². The van der Waals surface area contributed by atoms with Gasteiger partial charge in [-0.2, -0.15) is 0 Å². The first-order chi connectivity index (χ1) is 16.0. The predicted molar refractivity (Wildman–Crippen MR) is 127 cm³/mol. The summed E-state index contributed by atoms with van der Waals surface area (Å²) in [5.74, 6) is -2.31. The lowest BCUT2D eigenvalue weighted by atomic mass is 10.1. The molecule has 1 aromatic heterocycles. The standard InChI is InChI=1S/C25H21ClF2N2O3S/c1-13-6-14(2)8-20(7-13)34(32,33)24-21-11-17(26)4-5-22(21)30-23(24)25(31)29-15(3)16-9-18(27)12-19(28)10-16/h4-12,15,30H,1-3H3,(H,29,31). The van der Waals surface area contributed by atoms with Crippen LogP contribution in [-0.2, 0) is 9.84 Å². The van der Waals surface area contributed by atoms with Gasteiger partial charge in [-0.15, -0.1) is 0 Å². The van der Waals surface area contributed by atoms with Crippen LogP contribution < -0.4 is 5.32 Å². The zero-order valence-electron chi connectivity index (χ0n) is 18.5. The molecule has 0 spiro atoms. The number of benzene rings is 3. The Morgan fingerprint density at radius 1 is 0.971 bits per heavy atom. The summed E-state index contributed by atoms with van der Waals surface area (Å²) in [4.78, 5) is 16.0. The summed E-state index contributed by atoms with van der Waals surface area (Å²) < 4.78 is 54.8. The minimum absolute atomic E-state index is 0.0418. The van der Waals surface area contributed by atoms with E-state index in [4.69, 9.17) is 11.6 Å². The molecular weight excluding hydrogens is 482 g/mol. The van der Waals surface area contributed by atoms with Crippen molar-refractivity contribution < 1.29 is 22.0 Å². The highest BCUT2D eigenvalue weighted by Crippen LogP contribution is 2.34. The molecule has 3 aromatic carbocycles. The first-order valence-corrected chi connectivity index (χ1v) is 12.2. The van der Waals surface area contributed by atoms with Crippen LogP contribution in [0.5, 0.6) is 0 Å². The van der Waals surface area contributed by atoms with Crippen LogP contribution in [0.25, 0.3) is 10.9 Å². The van der Waals surface area contributed by atoms with E-state index in [1.54, 1.807) is 32.9 Å². The normalized spacial score (nSPS) is 12.6. The average molecular weight is 503 g/mol. The third kappa shape index (κ3) is 4.56. The van der Waals surface area contributed by atoms with E-state index < -0.39 is 33.4 Å². The molecule has 0 fully saturated rings. The van der Waals surface area contributed by atoms with Crippen molar-refractivity contribution in [3.05, 3.63) is 93.6 Å². The van der Waals surface area contributed by atoms with E-state index in [0.29, 0.717) is 10.5 Å². The number of rotatable bonds is 5. The molecule has 0 bridgehead atoms. The third-order valence-corrected chi connectivity index (χ3v) is 7.50. The summed E-state index contributed by atoms with van der Waals surface area (Å²) in [5.41, 5.74) is 1.92. The van der Waals surface area contributed by atoms with E-state index in [-0.39, 0.29) is 26.4 Å². The molecule has 176 valence electrons. The Kier molecular flexibility index (Phi) is 6.22. The minimum Gasteiger partial charge on any atom is -0.349 e. The maximum Gasteiger partial charge on any atom is 0.269 e. The van der Waals surface area contributed by atoms with Crippen molar-refractivity contribution in [1.82, 2.24) is 10.3 Å². The second-order valence-electron chi connectivity index (χ2n) is 8.24. The molecule has 0 aliphatic carbocycles. The number of hydrogen-bond acceptors (Lipinski definition) is 3. The number of H-pyrrole nitrogens is 1. The van der Waals surface area contributed by atoms with Crippen molar-refractivity contribution >= 4 is 38.2 Å². The number of aromatic nitrogens is 1. The lowest BCUT2D eigenvalue weighted by Crippen LogP contribution is -2.28. The molecular formula is C25H21ClF2N2O3S. The molecule has 1 atom stereocenters. The van der Waals surface area contributed by atoms with Crippen LogP contribution >= 0.6 is 11.6 Å². The molecule has 0 aliphatic rings. The second kappa shape index (κ2) is 8.85. The average Bonchev–Trinajstić information content (AvgIpc) is 3.11. The number of fused-ring (bicyclic) bond motifs is 1. The zero-order valence-corrected chi connectivity index (χ0v) is 20.1. The van der Waals surface area contributed by atoms with Crippen molar-refractivity contribution in [3.63, 3.8) is 0 Å². The summed E-state index contributed by atoms with van der Waals surface area (Å²) in [6.07, 6.45) is 0. The Bertz CT molecular complexity index is 1510. The Labute approximate surface area is 200 Å². The molecule has 4 rings (SSSR count). The van der Waals surface area contributed by atoms with Crippen LogP contribution in [0.4, 0.5) is 8.78 Å². The molecule has 1 amide bonds. The van der Waals surface area contributed by atoms with E-state index >= 15 is 0 Å². The first-order valence-electron chi connectivity index (χ1n) is 10.4. The van der Waals surface area contributed by atoms with Gasteiger partial charge in [-0.05, 0) is 79.9 Å². The first kappa shape index (κ1) is 23.9. The van der Waals surface area contributed by atoms with Gasteiger partial charge < -0.3 is 10.3 Å². The van der Waals surface area contributed by atoms with Crippen molar-refractivity contribution in [2.24, 2.45) is 0 Å². The van der Waals surface area contributed by atoms with E-state index in [1.165, 1.54) is 18.2 Å². The molecule has 2 N–H and O–H groups in total. The van der Waals surface area contributed by atoms with E-state index in [0.717, 1.165) is 29.3 Å². The molecule has 0 aliphatic heterocycles. The van der Waals surface area contributed by atoms with Gasteiger partial charge in [0.05, 0.1) is 10.9 Å². The van der Waals surface area contributed by atoms with Gasteiger partial charge in [-0.1, -0.05) is 17.7 Å². The fourth-order valence-electron chi connectivity index (χ4n) is 3.96. The summed E-state index contributed by atoms with van der Waals surface area (Å²) in [6.45, 7) is 5.11. The van der Waals surface area contributed by atoms with Gasteiger partial charge in [0.25, 0.3) is 5.91 Å². The second-order valence-corrected chi connectivity index (χ2v) is 10.6. The van der Waals surface area contributed by atoms with Crippen LogP contribution in [0.1, 0.15) is 40.1 Å². The van der Waals surface area contributed by atoms with Crippen LogP contribution in [0, 0.1) is 25.5 Å². The van der Waals surface area contributed by atoms with Crippen molar-refractivity contribution in [1.29, 1.82) is 0 Å². The lowest BCUT2D eigenvalue weighted by Gasteiger charge is -2.15. The summed E-state index contributed by atoms with van der Waals surface area (Å²) in [7, 11) is -4.14. The van der Waals surface area contributed by atoms with Crippen LogP contribution in [-0.4, -0.2) is 19.3 Å². The summed E-state index contributed by atoms with van der Waals surface area (Å²) >= 11 is 6.14. The van der Waals surface area contributed by atoms with E-state index in [1.807, 2.05) is 6.07 Å². The monoisotopic (exact) mass is 502 g/mol. The maximum absolute atomic E-state index is 13.8. The summed E-state index contributed by atoms with van der Waals surface area (Å²) in [6, 6.07) is 11.7. The Balaban J connectivity index is 1.85. The van der Waals surface area contributed by atoms with Gasteiger partial charge in [0.15, 0.2) is 0 Å². The Morgan fingerprint density at radius 2 is 1.59 bits per heavy atom. The summed E-state index contributed by atoms with van der Waals surface area (Å²) in [5, 5.41) is 3.20. The molecule has 4 aromatic rings. The number of hydrogen-bond donors (Lipinski definition) is 2. The van der Waals surface area contributed by atoms with Crippen LogP contribution in [0.15, 0.2) is 64.4 Å². The number of carbonyl (C=O) groups is 1. The van der Waals surface area contributed by atoms with Gasteiger partial charge in [0.1, 0.15) is 22.2 Å². The third-order valence-electron chi connectivity index (χ3n) is 5.45. The number of halogens is 3. The van der Waals surface area contributed by atoms with E-state index in [9.17, 15) is 22.0 Å². The molecule has 1 heterocycles. The van der Waals surface area contributed by atoms with Crippen LogP contribution in [0.3, 0.4) is 0 Å².